The predicted octanol–water partition coefficient (Wildman–Crippen LogP) is 5.10. The third kappa shape index (κ3) is 4.49. The van der Waals surface area contributed by atoms with Crippen LogP contribution in [0.25, 0.3) is 5.65 Å². The van der Waals surface area contributed by atoms with Gasteiger partial charge in [0.05, 0.1) is 17.2 Å². The van der Waals surface area contributed by atoms with Gasteiger partial charge >= 0.3 is 12.1 Å². The van der Waals surface area contributed by atoms with Crippen molar-refractivity contribution < 1.29 is 27.5 Å². The smallest absolute Gasteiger partial charge is 0.417 e. The number of benzene rings is 1. The van der Waals surface area contributed by atoms with Gasteiger partial charge < -0.3 is 15.3 Å². The summed E-state index contributed by atoms with van der Waals surface area (Å²) in [6, 6.07) is 4.34. The fourth-order valence-corrected chi connectivity index (χ4v) is 4.87. The Morgan fingerprint density at radius 3 is 2.44 bits per heavy atom. The Morgan fingerprint density at radius 2 is 1.83 bits per heavy atom. The average molecular weight is 504 g/mol. The van der Waals surface area contributed by atoms with Crippen LogP contribution in [0.3, 0.4) is 0 Å². The zero-order valence-corrected chi connectivity index (χ0v) is 19.4. The van der Waals surface area contributed by atoms with E-state index in [0.717, 1.165) is 41.6 Å². The first-order valence-electron chi connectivity index (χ1n) is 11.6. The molecule has 2 aromatic heterocycles. The number of rotatable bonds is 5. The Kier molecular flexibility index (Phi) is 5.68. The van der Waals surface area contributed by atoms with Gasteiger partial charge in [0.1, 0.15) is 17.3 Å². The minimum Gasteiger partial charge on any atom is -0.478 e. The first-order chi connectivity index (χ1) is 17.0. The van der Waals surface area contributed by atoms with E-state index in [2.05, 4.69) is 10.3 Å². The molecule has 3 aromatic rings. The lowest BCUT2D eigenvalue weighted by Crippen LogP contribution is -2.36. The summed E-state index contributed by atoms with van der Waals surface area (Å²) in [4.78, 5) is 31.1. The molecule has 1 saturated heterocycles. The molecule has 0 radical (unpaired) electrons. The number of alkyl halides is 3. The molecule has 1 aliphatic heterocycles. The van der Waals surface area contributed by atoms with E-state index in [4.69, 9.17) is 0 Å². The van der Waals surface area contributed by atoms with Crippen molar-refractivity contribution in [2.24, 2.45) is 5.41 Å². The van der Waals surface area contributed by atoms with Crippen LogP contribution in [0, 0.1) is 11.2 Å². The fraction of sp³-hybridized carbons (Fsp3) is 0.400. The zero-order valence-electron chi connectivity index (χ0n) is 19.4. The molecule has 36 heavy (non-hydrogen) atoms. The molecule has 2 aliphatic rings. The van der Waals surface area contributed by atoms with Crippen molar-refractivity contribution in [3.8, 4) is 0 Å². The molecule has 2 fully saturated rings. The normalized spacial score (nSPS) is 17.9. The van der Waals surface area contributed by atoms with Crippen LogP contribution in [0.1, 0.15) is 60.1 Å². The van der Waals surface area contributed by atoms with Crippen molar-refractivity contribution >= 4 is 23.1 Å². The Labute approximate surface area is 203 Å². The third-order valence-corrected chi connectivity index (χ3v) is 7.26. The van der Waals surface area contributed by atoms with E-state index >= 15 is 0 Å². The number of aromatic carboxylic acids is 1. The molecule has 7 nitrogen and oxygen atoms in total. The second-order valence-electron chi connectivity index (χ2n) is 9.68. The summed E-state index contributed by atoms with van der Waals surface area (Å²) < 4.78 is 55.6. The molecular weight excluding hydrogens is 480 g/mol. The number of aromatic nitrogens is 2. The van der Waals surface area contributed by atoms with Crippen LogP contribution in [0.2, 0.25) is 0 Å². The van der Waals surface area contributed by atoms with Gasteiger partial charge in [0.25, 0.3) is 5.56 Å². The number of anilines is 2. The first-order valence-corrected chi connectivity index (χ1v) is 11.6. The highest BCUT2D eigenvalue weighted by Gasteiger charge is 2.44. The molecule has 0 bridgehead atoms. The van der Waals surface area contributed by atoms with E-state index in [1.54, 1.807) is 0 Å². The Hall–Kier alpha value is -3.63. The van der Waals surface area contributed by atoms with Crippen LogP contribution in [-0.4, -0.2) is 33.6 Å². The number of carboxylic acid groups (broad SMARTS) is 1. The van der Waals surface area contributed by atoms with Gasteiger partial charge in [0.2, 0.25) is 0 Å². The molecule has 3 heterocycles. The van der Waals surface area contributed by atoms with E-state index in [1.165, 1.54) is 31.9 Å². The molecule has 1 saturated carbocycles. The van der Waals surface area contributed by atoms with Gasteiger partial charge in [-0.05, 0) is 62.3 Å². The predicted molar refractivity (Wildman–Crippen MR) is 125 cm³/mol. The van der Waals surface area contributed by atoms with Crippen LogP contribution in [0.15, 0.2) is 41.3 Å². The van der Waals surface area contributed by atoms with Gasteiger partial charge in [-0.2, -0.15) is 13.2 Å². The van der Waals surface area contributed by atoms with Crippen LogP contribution in [0.5, 0.6) is 0 Å². The number of nitrogens with one attached hydrogen (secondary N) is 1. The number of piperidine rings is 1. The number of fused-ring (bicyclic) bond motifs is 1. The maximum Gasteiger partial charge on any atom is 0.417 e. The Balaban J connectivity index is 1.59. The van der Waals surface area contributed by atoms with Crippen molar-refractivity contribution in [3.63, 3.8) is 0 Å². The van der Waals surface area contributed by atoms with Crippen LogP contribution >= 0.6 is 0 Å². The second-order valence-corrected chi connectivity index (χ2v) is 9.68. The van der Waals surface area contributed by atoms with Crippen LogP contribution in [0.4, 0.5) is 29.1 Å². The molecule has 1 aromatic carbocycles. The molecule has 0 unspecified atom stereocenters. The molecule has 5 rings (SSSR count). The van der Waals surface area contributed by atoms with Crippen LogP contribution < -0.4 is 15.8 Å². The van der Waals surface area contributed by atoms with Gasteiger partial charge in [-0.15, -0.1) is 0 Å². The highest BCUT2D eigenvalue weighted by atomic mass is 19.4. The minimum absolute atomic E-state index is 0.0243. The van der Waals surface area contributed by atoms with E-state index in [1.807, 2.05) is 4.90 Å². The van der Waals surface area contributed by atoms with Crippen molar-refractivity contribution in [3.05, 3.63) is 69.4 Å². The number of carbonyl (C=O) groups is 1. The number of carboxylic acids is 1. The summed E-state index contributed by atoms with van der Waals surface area (Å²) in [5.74, 6) is -1.76. The number of nitrogens with zero attached hydrogens (tertiary/aromatic N) is 3. The lowest BCUT2D eigenvalue weighted by atomic mass is 9.94. The molecule has 1 aliphatic carbocycles. The van der Waals surface area contributed by atoms with Crippen LogP contribution in [-0.2, 0) is 6.18 Å². The molecule has 0 amide bonds. The number of hydrogen-bond donors (Lipinski definition) is 2. The summed E-state index contributed by atoms with van der Waals surface area (Å²) in [5.41, 5.74) is -1.54. The molecule has 190 valence electrons. The SMILES string of the molecule is C[C@@H](Nc1ccc(F)cc1C(=O)O)c1cc(C(F)(F)F)cn2c(=O)cc(N3CCC4(CC3)CC4)nc12. The van der Waals surface area contributed by atoms with Crippen molar-refractivity contribution in [2.45, 2.75) is 44.8 Å². The molecular formula is C25H24F4N4O3. The fourth-order valence-electron chi connectivity index (χ4n) is 4.87. The van der Waals surface area contributed by atoms with Gasteiger partial charge in [0.15, 0.2) is 0 Å². The van der Waals surface area contributed by atoms with Crippen molar-refractivity contribution in [1.82, 2.24) is 9.38 Å². The molecule has 2 N–H and O–H groups in total. The van der Waals surface area contributed by atoms with E-state index in [0.29, 0.717) is 24.3 Å². The lowest BCUT2D eigenvalue weighted by molar-refractivity contribution is -0.137. The summed E-state index contributed by atoms with van der Waals surface area (Å²) in [7, 11) is 0. The minimum atomic E-state index is -4.73. The van der Waals surface area contributed by atoms with Crippen molar-refractivity contribution in [1.29, 1.82) is 0 Å². The summed E-state index contributed by atoms with van der Waals surface area (Å²) in [6.45, 7) is 2.95. The van der Waals surface area contributed by atoms with Gasteiger partial charge in [0, 0.05) is 36.6 Å². The van der Waals surface area contributed by atoms with Crippen molar-refractivity contribution in [2.75, 3.05) is 23.3 Å². The average Bonchev–Trinajstić information content (AvgIpc) is 3.57. The number of hydrogen-bond acceptors (Lipinski definition) is 5. The summed E-state index contributed by atoms with van der Waals surface area (Å²) in [5, 5.41) is 12.3. The quantitative estimate of drug-likeness (QED) is 0.470. The maximum absolute atomic E-state index is 13.7. The monoisotopic (exact) mass is 504 g/mol. The lowest BCUT2D eigenvalue weighted by Gasteiger charge is -2.33. The third-order valence-electron chi connectivity index (χ3n) is 7.26. The highest BCUT2D eigenvalue weighted by Crippen LogP contribution is 2.53. The van der Waals surface area contributed by atoms with Gasteiger partial charge in [-0.1, -0.05) is 0 Å². The first kappa shape index (κ1) is 24.1. The van der Waals surface area contributed by atoms with Gasteiger partial charge in [-0.3, -0.25) is 9.20 Å². The van der Waals surface area contributed by atoms with E-state index in [-0.39, 0.29) is 22.5 Å². The number of halogens is 4. The molecule has 1 spiro atoms. The Morgan fingerprint density at radius 1 is 1.14 bits per heavy atom. The number of pyridine rings is 1. The second kappa shape index (κ2) is 8.49. The highest BCUT2D eigenvalue weighted by molar-refractivity contribution is 5.94. The maximum atomic E-state index is 13.7. The summed E-state index contributed by atoms with van der Waals surface area (Å²) in [6.07, 6.45) is 0.353. The topological polar surface area (TPSA) is 86.9 Å². The molecule has 11 heteroatoms. The van der Waals surface area contributed by atoms with Gasteiger partial charge in [-0.25, -0.2) is 14.2 Å². The zero-order chi connectivity index (χ0) is 25.8. The standard InChI is InChI=1S/C25H24F4N4O3/c1-14(30-19-3-2-16(26)11-18(19)23(35)36)17-10-15(25(27,28)29)13-33-21(34)12-20(31-22(17)33)32-8-6-24(4-5-24)7-9-32/h2-3,10-14,30H,4-9H2,1H3,(H,35,36)/t14-/m1/s1. The van der Waals surface area contributed by atoms with E-state index < -0.39 is 35.1 Å². The van der Waals surface area contributed by atoms with E-state index in [9.17, 15) is 32.3 Å². The largest absolute Gasteiger partial charge is 0.478 e. The Bertz CT molecular complexity index is 1400. The summed E-state index contributed by atoms with van der Waals surface area (Å²) >= 11 is 0. The molecule has 1 atom stereocenters.